The molecule has 38 heavy (non-hydrogen) atoms. The molecule has 0 aliphatic rings. The number of carbonyl (C=O) groups excluding carboxylic acids is 4. The Bertz CT molecular complexity index is 1310. The molecule has 198 valence electrons. The Kier molecular flexibility index (Phi) is 9.88. The third kappa shape index (κ3) is 8.41. The van der Waals surface area contributed by atoms with E-state index in [2.05, 4.69) is 36.2 Å². The molecule has 0 saturated carbocycles. The first kappa shape index (κ1) is 27.8. The zero-order valence-corrected chi connectivity index (χ0v) is 21.1. The standard InChI is InChI=1S/C24H24ClN7O6/c1-15(27-21(33)10-3-16-13-17(25)4-9-20(16)32-14-26-30-31-32)23(35)28-18-5-7-19(8-6-18)29-24(36)38-12-11-22(34)37-2/h3-10,13-15H,11-12H2,1-2H3,(H,27,33)(H,28,35)(H,29,36)/t15-/m0/s1. The number of nitrogens with one attached hydrogen (secondary N) is 3. The summed E-state index contributed by atoms with van der Waals surface area (Å²) in [6, 6.07) is 10.4. The summed E-state index contributed by atoms with van der Waals surface area (Å²) in [4.78, 5) is 47.7. The number of anilines is 2. The SMILES string of the molecule is COC(=O)CCOC(=O)Nc1ccc(NC(=O)[C@H](C)NC(=O)C=Cc2cc(Cl)ccc2-n2cnnn2)cc1. The number of benzene rings is 2. The summed E-state index contributed by atoms with van der Waals surface area (Å²) >= 11 is 6.08. The van der Waals surface area contributed by atoms with E-state index < -0.39 is 29.9 Å². The lowest BCUT2D eigenvalue weighted by Crippen LogP contribution is -2.40. The summed E-state index contributed by atoms with van der Waals surface area (Å²) in [5.41, 5.74) is 2.07. The zero-order chi connectivity index (χ0) is 27.5. The van der Waals surface area contributed by atoms with Crippen molar-refractivity contribution in [3.8, 4) is 5.69 Å². The van der Waals surface area contributed by atoms with Crippen LogP contribution in [0.5, 0.6) is 0 Å². The number of hydrogen-bond acceptors (Lipinski definition) is 9. The predicted molar refractivity (Wildman–Crippen MR) is 137 cm³/mol. The quantitative estimate of drug-likeness (QED) is 0.258. The van der Waals surface area contributed by atoms with Gasteiger partial charge in [0.15, 0.2) is 0 Å². The summed E-state index contributed by atoms with van der Waals surface area (Å²) < 4.78 is 10.8. The fourth-order valence-electron chi connectivity index (χ4n) is 3.00. The molecule has 0 aliphatic heterocycles. The lowest BCUT2D eigenvalue weighted by Gasteiger charge is -2.13. The van der Waals surface area contributed by atoms with Gasteiger partial charge in [0, 0.05) is 28.0 Å². The third-order valence-corrected chi connectivity index (χ3v) is 5.15. The second-order valence-electron chi connectivity index (χ2n) is 7.67. The molecular weight excluding hydrogens is 518 g/mol. The maximum Gasteiger partial charge on any atom is 0.411 e. The van der Waals surface area contributed by atoms with E-state index in [-0.39, 0.29) is 13.0 Å². The molecule has 0 aliphatic carbocycles. The largest absolute Gasteiger partial charge is 0.469 e. The van der Waals surface area contributed by atoms with Gasteiger partial charge < -0.3 is 20.1 Å². The van der Waals surface area contributed by atoms with Crippen LogP contribution in [0.3, 0.4) is 0 Å². The number of esters is 1. The first-order valence-electron chi connectivity index (χ1n) is 11.2. The summed E-state index contributed by atoms with van der Waals surface area (Å²) in [5.74, 6) is -1.44. The summed E-state index contributed by atoms with van der Waals surface area (Å²) in [7, 11) is 1.24. The molecule has 13 nitrogen and oxygen atoms in total. The summed E-state index contributed by atoms with van der Waals surface area (Å²) in [5, 5.41) is 19.3. The molecule has 3 amide bonds. The Labute approximate surface area is 222 Å². The number of hydrogen-bond donors (Lipinski definition) is 3. The highest BCUT2D eigenvalue weighted by atomic mass is 35.5. The fraction of sp³-hybridized carbons (Fsp3) is 0.208. The maximum atomic E-state index is 12.5. The van der Waals surface area contributed by atoms with Crippen molar-refractivity contribution in [3.05, 3.63) is 65.5 Å². The maximum absolute atomic E-state index is 12.5. The molecule has 0 saturated heterocycles. The molecule has 0 unspecified atom stereocenters. The van der Waals surface area contributed by atoms with Crippen LogP contribution >= 0.6 is 11.6 Å². The molecule has 3 N–H and O–H groups in total. The van der Waals surface area contributed by atoms with Crippen molar-refractivity contribution in [2.45, 2.75) is 19.4 Å². The Hall–Kier alpha value is -4.78. The van der Waals surface area contributed by atoms with E-state index in [4.69, 9.17) is 16.3 Å². The minimum Gasteiger partial charge on any atom is -0.469 e. The van der Waals surface area contributed by atoms with Crippen molar-refractivity contribution in [3.63, 3.8) is 0 Å². The normalized spacial score (nSPS) is 11.4. The Morgan fingerprint density at radius 2 is 1.79 bits per heavy atom. The molecule has 0 bridgehead atoms. The highest BCUT2D eigenvalue weighted by molar-refractivity contribution is 6.30. The molecule has 2 aromatic carbocycles. The van der Waals surface area contributed by atoms with Crippen LogP contribution in [0, 0.1) is 0 Å². The van der Waals surface area contributed by atoms with Crippen LogP contribution in [-0.4, -0.2) is 63.8 Å². The third-order valence-electron chi connectivity index (χ3n) is 4.92. The van der Waals surface area contributed by atoms with Crippen LogP contribution in [0.4, 0.5) is 16.2 Å². The van der Waals surface area contributed by atoms with Gasteiger partial charge in [-0.05, 0) is 65.9 Å². The van der Waals surface area contributed by atoms with E-state index >= 15 is 0 Å². The van der Waals surface area contributed by atoms with E-state index in [0.717, 1.165) is 0 Å². The number of amides is 3. The monoisotopic (exact) mass is 541 g/mol. The Morgan fingerprint density at radius 3 is 2.45 bits per heavy atom. The van der Waals surface area contributed by atoms with Gasteiger partial charge in [0.25, 0.3) is 0 Å². The molecule has 3 rings (SSSR count). The van der Waals surface area contributed by atoms with Gasteiger partial charge in [0.2, 0.25) is 11.8 Å². The van der Waals surface area contributed by atoms with E-state index in [1.807, 2.05) is 0 Å². The first-order chi connectivity index (χ1) is 18.2. The number of nitrogens with zero attached hydrogens (tertiary/aromatic N) is 4. The number of halogens is 1. The van der Waals surface area contributed by atoms with Crippen LogP contribution < -0.4 is 16.0 Å². The summed E-state index contributed by atoms with van der Waals surface area (Å²) in [6.45, 7) is 1.41. The summed E-state index contributed by atoms with van der Waals surface area (Å²) in [6.07, 6.45) is 3.43. The van der Waals surface area contributed by atoms with Crippen molar-refractivity contribution < 1.29 is 28.7 Å². The molecular formula is C24H24ClN7O6. The number of methoxy groups -OCH3 is 1. The Balaban J connectivity index is 1.49. The molecule has 1 heterocycles. The van der Waals surface area contributed by atoms with Crippen LogP contribution in [0.2, 0.25) is 5.02 Å². The number of ether oxygens (including phenoxy) is 2. The van der Waals surface area contributed by atoms with Crippen LogP contribution in [-0.2, 0) is 23.9 Å². The lowest BCUT2D eigenvalue weighted by atomic mass is 10.1. The highest BCUT2D eigenvalue weighted by Crippen LogP contribution is 2.20. The van der Waals surface area contributed by atoms with E-state index in [0.29, 0.717) is 27.6 Å². The molecule has 0 spiro atoms. The van der Waals surface area contributed by atoms with E-state index in [9.17, 15) is 19.2 Å². The minimum atomic E-state index is -0.854. The van der Waals surface area contributed by atoms with Crippen molar-refractivity contribution >= 4 is 52.9 Å². The zero-order valence-electron chi connectivity index (χ0n) is 20.4. The van der Waals surface area contributed by atoms with Gasteiger partial charge in [0.1, 0.15) is 19.0 Å². The highest BCUT2D eigenvalue weighted by Gasteiger charge is 2.15. The van der Waals surface area contributed by atoms with Gasteiger partial charge in [-0.15, -0.1) is 5.10 Å². The van der Waals surface area contributed by atoms with E-state index in [1.54, 1.807) is 42.5 Å². The van der Waals surface area contributed by atoms with Crippen molar-refractivity contribution in [2.75, 3.05) is 24.4 Å². The Morgan fingerprint density at radius 1 is 1.08 bits per heavy atom. The number of carbonyl (C=O) groups is 4. The molecule has 0 fully saturated rings. The van der Waals surface area contributed by atoms with Gasteiger partial charge in [-0.3, -0.25) is 19.7 Å². The van der Waals surface area contributed by atoms with Crippen LogP contribution in [0.15, 0.2) is 54.9 Å². The lowest BCUT2D eigenvalue weighted by molar-refractivity contribution is -0.141. The van der Waals surface area contributed by atoms with Gasteiger partial charge in [-0.2, -0.15) is 4.68 Å². The smallest absolute Gasteiger partial charge is 0.411 e. The van der Waals surface area contributed by atoms with E-state index in [1.165, 1.54) is 37.2 Å². The molecule has 1 atom stereocenters. The van der Waals surface area contributed by atoms with Gasteiger partial charge in [-0.25, -0.2) is 4.79 Å². The molecule has 14 heteroatoms. The topological polar surface area (TPSA) is 166 Å². The molecule has 1 aromatic heterocycles. The van der Waals surface area contributed by atoms with Gasteiger partial charge >= 0.3 is 12.1 Å². The number of aromatic nitrogens is 4. The molecule has 0 radical (unpaired) electrons. The van der Waals surface area contributed by atoms with Gasteiger partial charge in [-0.1, -0.05) is 11.6 Å². The number of rotatable bonds is 10. The predicted octanol–water partition coefficient (Wildman–Crippen LogP) is 2.58. The fourth-order valence-corrected chi connectivity index (χ4v) is 3.18. The van der Waals surface area contributed by atoms with Crippen molar-refractivity contribution in [1.29, 1.82) is 0 Å². The van der Waals surface area contributed by atoms with Crippen LogP contribution in [0.25, 0.3) is 11.8 Å². The van der Waals surface area contributed by atoms with Gasteiger partial charge in [0.05, 0.1) is 19.2 Å². The second kappa shape index (κ2) is 13.5. The average Bonchev–Trinajstić information content (AvgIpc) is 3.43. The van der Waals surface area contributed by atoms with Crippen LogP contribution in [0.1, 0.15) is 18.9 Å². The molecule has 3 aromatic rings. The van der Waals surface area contributed by atoms with Crippen molar-refractivity contribution in [1.82, 2.24) is 25.5 Å². The first-order valence-corrected chi connectivity index (χ1v) is 11.6. The minimum absolute atomic E-state index is 0.0538. The average molecular weight is 542 g/mol. The second-order valence-corrected chi connectivity index (χ2v) is 8.11. The van der Waals surface area contributed by atoms with Crippen molar-refractivity contribution in [2.24, 2.45) is 0 Å². The number of tetrazole rings is 1.